The molecule has 1 saturated carbocycles. The highest BCUT2D eigenvalue weighted by atomic mass is 32.1. The second-order valence-electron chi connectivity index (χ2n) is 7.31. The maximum Gasteiger partial charge on any atom is 0.339 e. The topological polar surface area (TPSA) is 78.4 Å². The lowest BCUT2D eigenvalue weighted by molar-refractivity contribution is -0.118. The van der Waals surface area contributed by atoms with Crippen LogP contribution < -0.4 is 10.6 Å². The molecule has 0 spiro atoms. The molecule has 1 aliphatic heterocycles. The van der Waals surface area contributed by atoms with Crippen molar-refractivity contribution in [1.82, 2.24) is 5.32 Å². The van der Waals surface area contributed by atoms with Gasteiger partial charge in [-0.15, -0.1) is 11.3 Å². The first-order chi connectivity index (χ1) is 10.2. The SMILES string of the molecule is CC1(C)C(C(=O)Nc2sc3c(c2C(=O)O)CCNC3)C1(C)C. The van der Waals surface area contributed by atoms with Crippen molar-refractivity contribution < 1.29 is 14.7 Å². The molecular formula is C16H22N2O3S. The van der Waals surface area contributed by atoms with E-state index in [9.17, 15) is 14.7 Å². The molecular weight excluding hydrogens is 300 g/mol. The summed E-state index contributed by atoms with van der Waals surface area (Å²) >= 11 is 1.39. The summed E-state index contributed by atoms with van der Waals surface area (Å²) in [5.74, 6) is -1.10. The lowest BCUT2D eigenvalue weighted by Gasteiger charge is -2.12. The third-order valence-corrected chi connectivity index (χ3v) is 6.81. The highest BCUT2D eigenvalue weighted by Crippen LogP contribution is 2.68. The molecule has 1 aromatic heterocycles. The maximum absolute atomic E-state index is 12.6. The molecule has 0 atom stereocenters. The Morgan fingerprint density at radius 3 is 2.45 bits per heavy atom. The van der Waals surface area contributed by atoms with Crippen LogP contribution in [0.3, 0.4) is 0 Å². The highest BCUT2D eigenvalue weighted by Gasteiger charge is 2.68. The lowest BCUT2D eigenvalue weighted by Crippen LogP contribution is -2.23. The molecule has 0 bridgehead atoms. The molecule has 1 fully saturated rings. The van der Waals surface area contributed by atoms with Gasteiger partial charge in [-0.05, 0) is 29.4 Å². The largest absolute Gasteiger partial charge is 0.478 e. The average Bonchev–Trinajstić information content (AvgIpc) is 2.68. The molecule has 3 rings (SSSR count). The number of carbonyl (C=O) groups is 2. The van der Waals surface area contributed by atoms with E-state index in [-0.39, 0.29) is 28.2 Å². The molecule has 2 heterocycles. The fourth-order valence-corrected chi connectivity index (χ4v) is 4.90. The summed E-state index contributed by atoms with van der Waals surface area (Å²) in [7, 11) is 0. The Hall–Kier alpha value is -1.40. The second kappa shape index (κ2) is 4.80. The van der Waals surface area contributed by atoms with Crippen molar-refractivity contribution in [3.63, 3.8) is 0 Å². The molecule has 2 aliphatic rings. The van der Waals surface area contributed by atoms with Gasteiger partial charge in [0.25, 0.3) is 0 Å². The molecule has 120 valence electrons. The molecule has 1 amide bonds. The molecule has 5 nitrogen and oxygen atoms in total. The normalized spacial score (nSPS) is 22.0. The van der Waals surface area contributed by atoms with Gasteiger partial charge in [0.05, 0.1) is 5.56 Å². The van der Waals surface area contributed by atoms with Crippen molar-refractivity contribution in [3.05, 3.63) is 16.0 Å². The summed E-state index contributed by atoms with van der Waals surface area (Å²) in [6.07, 6.45) is 0.698. The maximum atomic E-state index is 12.6. The number of hydrogen-bond acceptors (Lipinski definition) is 4. The van der Waals surface area contributed by atoms with E-state index in [1.165, 1.54) is 11.3 Å². The number of amides is 1. The molecule has 22 heavy (non-hydrogen) atoms. The van der Waals surface area contributed by atoms with Gasteiger partial charge in [0.2, 0.25) is 5.91 Å². The zero-order chi connectivity index (χ0) is 16.3. The van der Waals surface area contributed by atoms with Gasteiger partial charge in [-0.3, -0.25) is 4.79 Å². The van der Waals surface area contributed by atoms with Gasteiger partial charge in [0.15, 0.2) is 0 Å². The number of carboxylic acids is 1. The van der Waals surface area contributed by atoms with Gasteiger partial charge in [-0.1, -0.05) is 27.7 Å². The van der Waals surface area contributed by atoms with Crippen LogP contribution in [-0.2, 0) is 17.8 Å². The van der Waals surface area contributed by atoms with Crippen molar-refractivity contribution in [1.29, 1.82) is 0 Å². The summed E-state index contributed by atoms with van der Waals surface area (Å²) in [5, 5.41) is 16.1. The van der Waals surface area contributed by atoms with Crippen LogP contribution in [0, 0.1) is 16.7 Å². The predicted molar refractivity (Wildman–Crippen MR) is 86.4 cm³/mol. The number of rotatable bonds is 3. The van der Waals surface area contributed by atoms with Crippen LogP contribution in [0.15, 0.2) is 0 Å². The summed E-state index contributed by atoms with van der Waals surface area (Å²) in [4.78, 5) is 25.2. The number of carbonyl (C=O) groups excluding carboxylic acids is 1. The third kappa shape index (κ3) is 2.08. The number of carboxylic acid groups (broad SMARTS) is 1. The van der Waals surface area contributed by atoms with Gasteiger partial charge < -0.3 is 15.7 Å². The molecule has 6 heteroatoms. The standard InChI is InChI=1S/C16H22N2O3S/c1-15(2)11(16(15,3)4)12(19)18-13-10(14(20)21)8-5-6-17-7-9(8)22-13/h11,17H,5-7H2,1-4H3,(H,18,19)(H,20,21). The Labute approximate surface area is 134 Å². The lowest BCUT2D eigenvalue weighted by atomic mass is 10.0. The Morgan fingerprint density at radius 1 is 1.27 bits per heavy atom. The first-order valence-corrected chi connectivity index (χ1v) is 8.39. The van der Waals surface area contributed by atoms with Crippen LogP contribution in [0.1, 0.15) is 48.5 Å². The van der Waals surface area contributed by atoms with Crippen molar-refractivity contribution in [2.24, 2.45) is 16.7 Å². The summed E-state index contributed by atoms with van der Waals surface area (Å²) < 4.78 is 0. The molecule has 1 aliphatic carbocycles. The minimum absolute atomic E-state index is 0.0566. The van der Waals surface area contributed by atoms with Gasteiger partial charge in [-0.25, -0.2) is 4.79 Å². The minimum Gasteiger partial charge on any atom is -0.478 e. The molecule has 0 aromatic carbocycles. The Balaban J connectivity index is 1.89. The number of nitrogens with one attached hydrogen (secondary N) is 2. The zero-order valence-electron chi connectivity index (χ0n) is 13.4. The number of thiophene rings is 1. The van der Waals surface area contributed by atoms with Crippen LogP contribution >= 0.6 is 11.3 Å². The molecule has 1 aromatic rings. The summed E-state index contributed by atoms with van der Waals surface area (Å²) in [5.41, 5.74) is 1.05. The van der Waals surface area contributed by atoms with Crippen molar-refractivity contribution in [2.75, 3.05) is 11.9 Å². The number of anilines is 1. The third-order valence-electron chi connectivity index (χ3n) is 5.66. The molecule has 3 N–H and O–H groups in total. The quantitative estimate of drug-likeness (QED) is 0.799. The average molecular weight is 322 g/mol. The Morgan fingerprint density at radius 2 is 1.91 bits per heavy atom. The number of hydrogen-bond donors (Lipinski definition) is 3. The number of aromatic carboxylic acids is 1. The Bertz CT molecular complexity index is 647. The Kier molecular flexibility index (Phi) is 3.38. The van der Waals surface area contributed by atoms with E-state index in [4.69, 9.17) is 0 Å². The summed E-state index contributed by atoms with van der Waals surface area (Å²) in [6, 6.07) is 0. The zero-order valence-corrected chi connectivity index (χ0v) is 14.2. The van der Waals surface area contributed by atoms with Crippen molar-refractivity contribution in [3.8, 4) is 0 Å². The fourth-order valence-electron chi connectivity index (χ4n) is 3.68. The van der Waals surface area contributed by atoms with E-state index in [0.717, 1.165) is 17.0 Å². The smallest absolute Gasteiger partial charge is 0.339 e. The van der Waals surface area contributed by atoms with Crippen LogP contribution in [-0.4, -0.2) is 23.5 Å². The summed E-state index contributed by atoms with van der Waals surface area (Å²) in [6.45, 7) is 9.78. The van der Waals surface area contributed by atoms with E-state index < -0.39 is 5.97 Å². The number of fused-ring (bicyclic) bond motifs is 1. The van der Waals surface area contributed by atoms with E-state index >= 15 is 0 Å². The van der Waals surface area contributed by atoms with Gasteiger partial charge >= 0.3 is 5.97 Å². The van der Waals surface area contributed by atoms with Crippen LogP contribution in [0.25, 0.3) is 0 Å². The fraction of sp³-hybridized carbons (Fsp3) is 0.625. The van der Waals surface area contributed by atoms with E-state index in [2.05, 4.69) is 38.3 Å². The van der Waals surface area contributed by atoms with Gasteiger partial charge in [0.1, 0.15) is 5.00 Å². The van der Waals surface area contributed by atoms with Crippen LogP contribution in [0.5, 0.6) is 0 Å². The molecule has 0 saturated heterocycles. The highest BCUT2D eigenvalue weighted by molar-refractivity contribution is 7.17. The molecule has 0 unspecified atom stereocenters. The van der Waals surface area contributed by atoms with E-state index in [1.807, 2.05) is 0 Å². The first kappa shape index (κ1) is 15.5. The minimum atomic E-state index is -0.955. The first-order valence-electron chi connectivity index (χ1n) is 7.57. The van der Waals surface area contributed by atoms with Gasteiger partial charge in [-0.2, -0.15) is 0 Å². The van der Waals surface area contributed by atoms with E-state index in [1.54, 1.807) is 0 Å². The van der Waals surface area contributed by atoms with Gasteiger partial charge in [0, 0.05) is 17.3 Å². The van der Waals surface area contributed by atoms with Crippen LogP contribution in [0.2, 0.25) is 0 Å². The predicted octanol–water partition coefficient (Wildman–Crippen LogP) is 2.71. The van der Waals surface area contributed by atoms with Crippen LogP contribution in [0.4, 0.5) is 5.00 Å². The molecule has 0 radical (unpaired) electrons. The van der Waals surface area contributed by atoms with E-state index in [0.29, 0.717) is 18.0 Å². The van der Waals surface area contributed by atoms with Crippen molar-refractivity contribution in [2.45, 2.75) is 40.7 Å². The van der Waals surface area contributed by atoms with Crippen molar-refractivity contribution >= 4 is 28.2 Å². The monoisotopic (exact) mass is 322 g/mol. The second-order valence-corrected chi connectivity index (χ2v) is 8.41.